The van der Waals surface area contributed by atoms with E-state index in [1.807, 2.05) is 61.5 Å². The van der Waals surface area contributed by atoms with Gasteiger partial charge < -0.3 is 4.42 Å². The van der Waals surface area contributed by atoms with Crippen LogP contribution in [0.25, 0.3) is 21.2 Å². The van der Waals surface area contributed by atoms with Gasteiger partial charge in [-0.1, -0.05) is 47.2 Å². The summed E-state index contributed by atoms with van der Waals surface area (Å²) in [5.41, 5.74) is 3.12. The fraction of sp³-hybridized carbons (Fsp3) is 0.0870. The zero-order chi connectivity index (χ0) is 20.7. The number of nitrogens with zero attached hydrogens (tertiary/aromatic N) is 3. The molecule has 0 aliphatic carbocycles. The average Bonchev–Trinajstić information content (AvgIpc) is 3.39. The number of halogens is 1. The molecule has 0 aliphatic heterocycles. The number of anilines is 1. The smallest absolute Gasteiger partial charge is 0.296 e. The Morgan fingerprint density at radius 3 is 2.77 bits per heavy atom. The quantitative estimate of drug-likeness (QED) is 0.336. The second-order valence-corrected chi connectivity index (χ2v) is 8.29. The summed E-state index contributed by atoms with van der Waals surface area (Å²) >= 11 is 7.71. The number of furan rings is 1. The number of aryl methyl sites for hydroxylation is 1. The molecule has 5 aromatic rings. The van der Waals surface area contributed by atoms with Crippen molar-refractivity contribution in [2.45, 2.75) is 13.5 Å². The molecule has 0 fully saturated rings. The van der Waals surface area contributed by atoms with Gasteiger partial charge in [-0.3, -0.25) is 14.7 Å². The third-order valence-corrected chi connectivity index (χ3v) is 6.35. The van der Waals surface area contributed by atoms with Crippen molar-refractivity contribution in [1.29, 1.82) is 0 Å². The molecule has 0 radical (unpaired) electrons. The SMILES string of the molecule is Cc1c(Cl)ccc2sc(N(Cc3ccccn3)C(=O)c3cc4ccccc4o3)nc12. The van der Waals surface area contributed by atoms with E-state index in [4.69, 9.17) is 21.0 Å². The van der Waals surface area contributed by atoms with E-state index in [1.54, 1.807) is 17.2 Å². The lowest BCUT2D eigenvalue weighted by Crippen LogP contribution is -2.30. The van der Waals surface area contributed by atoms with Crippen LogP contribution in [0.15, 0.2) is 71.3 Å². The van der Waals surface area contributed by atoms with E-state index in [0.717, 1.165) is 26.9 Å². The number of fused-ring (bicyclic) bond motifs is 2. The Bertz CT molecular complexity index is 1340. The number of carbonyl (C=O) groups excluding carboxylic acids is 1. The number of thiazole rings is 1. The van der Waals surface area contributed by atoms with E-state index < -0.39 is 0 Å². The number of para-hydroxylation sites is 1. The molecular formula is C23H16ClN3O2S. The molecule has 0 atom stereocenters. The average molecular weight is 434 g/mol. The number of amides is 1. The Balaban J connectivity index is 1.61. The van der Waals surface area contributed by atoms with Gasteiger partial charge in [0.15, 0.2) is 10.9 Å². The van der Waals surface area contributed by atoms with Gasteiger partial charge in [-0.15, -0.1) is 0 Å². The summed E-state index contributed by atoms with van der Waals surface area (Å²) in [4.78, 5) is 24.2. The third kappa shape index (κ3) is 3.34. The normalized spacial score (nSPS) is 11.3. The summed E-state index contributed by atoms with van der Waals surface area (Å²) in [7, 11) is 0. The summed E-state index contributed by atoms with van der Waals surface area (Å²) in [5.74, 6) is 0.000741. The largest absolute Gasteiger partial charge is 0.451 e. The number of benzene rings is 2. The second kappa shape index (κ2) is 7.55. The van der Waals surface area contributed by atoms with Crippen molar-refractivity contribution in [3.8, 4) is 0 Å². The lowest BCUT2D eigenvalue weighted by Gasteiger charge is -2.18. The molecule has 0 saturated heterocycles. The zero-order valence-corrected chi connectivity index (χ0v) is 17.6. The van der Waals surface area contributed by atoms with Crippen molar-refractivity contribution in [1.82, 2.24) is 9.97 Å². The number of hydrogen-bond donors (Lipinski definition) is 0. The van der Waals surface area contributed by atoms with E-state index in [0.29, 0.717) is 15.7 Å². The van der Waals surface area contributed by atoms with E-state index in [9.17, 15) is 4.79 Å². The highest BCUT2D eigenvalue weighted by atomic mass is 35.5. The third-order valence-electron chi connectivity index (χ3n) is 4.90. The lowest BCUT2D eigenvalue weighted by molar-refractivity contribution is 0.0960. The van der Waals surface area contributed by atoms with E-state index in [-0.39, 0.29) is 18.2 Å². The molecule has 0 bridgehead atoms. The lowest BCUT2D eigenvalue weighted by atomic mass is 10.2. The monoisotopic (exact) mass is 433 g/mol. The number of hydrogen-bond acceptors (Lipinski definition) is 5. The highest BCUT2D eigenvalue weighted by Gasteiger charge is 2.25. The Labute approximate surface area is 181 Å². The highest BCUT2D eigenvalue weighted by molar-refractivity contribution is 7.22. The van der Waals surface area contributed by atoms with Crippen LogP contribution in [0.4, 0.5) is 5.13 Å². The molecule has 5 rings (SSSR count). The molecule has 3 aromatic heterocycles. The summed E-state index contributed by atoms with van der Waals surface area (Å²) in [5, 5.41) is 2.11. The van der Waals surface area contributed by atoms with E-state index in [2.05, 4.69) is 4.98 Å². The molecule has 0 saturated carbocycles. The maximum absolute atomic E-state index is 13.5. The predicted octanol–water partition coefficient (Wildman–Crippen LogP) is 6.25. The van der Waals surface area contributed by atoms with Crippen LogP contribution in [-0.2, 0) is 6.54 Å². The first-order valence-electron chi connectivity index (χ1n) is 9.36. The minimum Gasteiger partial charge on any atom is -0.451 e. The number of pyridine rings is 1. The standard InChI is InChI=1S/C23H16ClN3O2S/c1-14-17(24)9-10-20-21(14)26-23(30-20)27(13-16-7-4-5-11-25-16)22(28)19-12-15-6-2-3-8-18(15)29-19/h2-12H,13H2,1H3. The van der Waals surface area contributed by atoms with Crippen LogP contribution < -0.4 is 4.90 Å². The van der Waals surface area contributed by atoms with Crippen molar-refractivity contribution in [3.63, 3.8) is 0 Å². The summed E-state index contributed by atoms with van der Waals surface area (Å²) in [6.45, 7) is 2.21. The molecule has 0 spiro atoms. The first kappa shape index (κ1) is 18.8. The molecule has 30 heavy (non-hydrogen) atoms. The van der Waals surface area contributed by atoms with Crippen molar-refractivity contribution >= 4 is 55.2 Å². The van der Waals surface area contributed by atoms with Crippen molar-refractivity contribution in [2.24, 2.45) is 0 Å². The number of rotatable bonds is 4. The minimum atomic E-state index is -0.264. The van der Waals surface area contributed by atoms with Gasteiger partial charge in [-0.2, -0.15) is 0 Å². The Hall–Kier alpha value is -3.22. The van der Waals surface area contributed by atoms with Crippen molar-refractivity contribution < 1.29 is 9.21 Å². The Morgan fingerprint density at radius 1 is 1.13 bits per heavy atom. The topological polar surface area (TPSA) is 59.2 Å². The van der Waals surface area contributed by atoms with Crippen molar-refractivity contribution in [3.05, 3.63) is 88.9 Å². The van der Waals surface area contributed by atoms with Crippen LogP contribution in [0.5, 0.6) is 0 Å². The van der Waals surface area contributed by atoms with Crippen LogP contribution in [-0.4, -0.2) is 15.9 Å². The van der Waals surface area contributed by atoms with Gasteiger partial charge in [-0.05, 0) is 48.9 Å². The fourth-order valence-electron chi connectivity index (χ4n) is 3.30. The van der Waals surface area contributed by atoms with Crippen molar-refractivity contribution in [2.75, 3.05) is 4.90 Å². The van der Waals surface area contributed by atoms with Gasteiger partial charge in [0.05, 0.1) is 22.5 Å². The van der Waals surface area contributed by atoms with E-state index >= 15 is 0 Å². The van der Waals surface area contributed by atoms with Crippen LogP contribution >= 0.6 is 22.9 Å². The van der Waals surface area contributed by atoms with Gasteiger partial charge in [0, 0.05) is 16.6 Å². The van der Waals surface area contributed by atoms with Crippen LogP contribution in [0.2, 0.25) is 5.02 Å². The molecule has 5 nitrogen and oxygen atoms in total. The minimum absolute atomic E-state index is 0.264. The molecule has 1 amide bonds. The Morgan fingerprint density at radius 2 is 1.97 bits per heavy atom. The molecule has 2 aromatic carbocycles. The summed E-state index contributed by atoms with van der Waals surface area (Å²) in [6.07, 6.45) is 1.71. The Kier molecular flexibility index (Phi) is 4.73. The van der Waals surface area contributed by atoms with Crippen LogP contribution in [0.1, 0.15) is 21.8 Å². The predicted molar refractivity (Wildman–Crippen MR) is 120 cm³/mol. The molecule has 7 heteroatoms. The van der Waals surface area contributed by atoms with E-state index in [1.165, 1.54) is 11.3 Å². The van der Waals surface area contributed by atoms with Gasteiger partial charge >= 0.3 is 0 Å². The van der Waals surface area contributed by atoms with Gasteiger partial charge in [0.25, 0.3) is 5.91 Å². The molecule has 0 aliphatic rings. The van der Waals surface area contributed by atoms with Gasteiger partial charge in [0.2, 0.25) is 0 Å². The first-order chi connectivity index (χ1) is 14.6. The number of carbonyl (C=O) groups is 1. The fourth-order valence-corrected chi connectivity index (χ4v) is 4.48. The highest BCUT2D eigenvalue weighted by Crippen LogP contribution is 2.35. The summed E-state index contributed by atoms with van der Waals surface area (Å²) < 4.78 is 6.80. The second-order valence-electron chi connectivity index (χ2n) is 6.88. The molecular weight excluding hydrogens is 418 g/mol. The number of aromatic nitrogens is 2. The first-order valence-corrected chi connectivity index (χ1v) is 10.6. The summed E-state index contributed by atoms with van der Waals surface area (Å²) in [6, 6.07) is 18.7. The zero-order valence-electron chi connectivity index (χ0n) is 16.0. The van der Waals surface area contributed by atoms with Crippen LogP contribution in [0, 0.1) is 6.92 Å². The maximum atomic E-state index is 13.5. The molecule has 148 valence electrons. The van der Waals surface area contributed by atoms with Gasteiger partial charge in [-0.25, -0.2) is 4.98 Å². The molecule has 0 unspecified atom stereocenters. The maximum Gasteiger partial charge on any atom is 0.296 e. The van der Waals surface area contributed by atoms with Crippen LogP contribution in [0.3, 0.4) is 0 Å². The molecule has 3 heterocycles. The van der Waals surface area contributed by atoms with Gasteiger partial charge in [0.1, 0.15) is 5.58 Å². The molecule has 0 N–H and O–H groups in total.